The van der Waals surface area contributed by atoms with Crippen molar-refractivity contribution < 1.29 is 19.1 Å². The predicted molar refractivity (Wildman–Crippen MR) is 82.9 cm³/mol. The fourth-order valence-electron chi connectivity index (χ4n) is 2.77. The van der Waals surface area contributed by atoms with Gasteiger partial charge in [-0.2, -0.15) is 0 Å². The number of benzene rings is 1. The van der Waals surface area contributed by atoms with Crippen LogP contribution in [0.3, 0.4) is 0 Å². The van der Waals surface area contributed by atoms with Crippen molar-refractivity contribution in [1.82, 2.24) is 0 Å². The molecular weight excluding hydrogens is 280 g/mol. The highest BCUT2D eigenvalue weighted by Gasteiger charge is 2.42. The van der Waals surface area contributed by atoms with Crippen molar-refractivity contribution in [3.63, 3.8) is 0 Å². The van der Waals surface area contributed by atoms with Gasteiger partial charge in [-0.15, -0.1) is 0 Å². The summed E-state index contributed by atoms with van der Waals surface area (Å²) >= 11 is 0. The second kappa shape index (κ2) is 6.95. The highest BCUT2D eigenvalue weighted by atomic mass is 16.7. The first-order valence-electron chi connectivity index (χ1n) is 7.87. The zero-order valence-corrected chi connectivity index (χ0v) is 13.5. The van der Waals surface area contributed by atoms with Gasteiger partial charge in [0.1, 0.15) is 0 Å². The third-order valence-electron chi connectivity index (χ3n) is 3.88. The molecule has 0 unspecified atom stereocenters. The van der Waals surface area contributed by atoms with Crippen LogP contribution in [-0.2, 0) is 25.5 Å². The van der Waals surface area contributed by atoms with Crippen molar-refractivity contribution >= 4 is 11.9 Å². The smallest absolute Gasteiger partial charge is 0.323 e. The van der Waals surface area contributed by atoms with Gasteiger partial charge in [-0.05, 0) is 24.3 Å². The van der Waals surface area contributed by atoms with Crippen molar-refractivity contribution in [2.75, 3.05) is 0 Å². The summed E-state index contributed by atoms with van der Waals surface area (Å²) in [5.41, 5.74) is 1.31. The topological polar surface area (TPSA) is 52.6 Å². The lowest BCUT2D eigenvalue weighted by Crippen LogP contribution is -2.46. The van der Waals surface area contributed by atoms with Crippen LogP contribution < -0.4 is 0 Å². The molecule has 0 saturated carbocycles. The molecule has 4 heteroatoms. The summed E-state index contributed by atoms with van der Waals surface area (Å²) in [6.45, 7) is 5.33. The van der Waals surface area contributed by atoms with E-state index in [0.717, 1.165) is 19.3 Å². The van der Waals surface area contributed by atoms with E-state index in [0.29, 0.717) is 12.3 Å². The molecule has 2 rings (SSSR count). The number of carbonyl (C=O) groups is 2. The summed E-state index contributed by atoms with van der Waals surface area (Å²) in [5, 5.41) is 0. The fraction of sp³-hybridized carbons (Fsp3) is 0.556. The van der Waals surface area contributed by atoms with E-state index in [1.807, 2.05) is 18.2 Å². The maximum atomic E-state index is 11.9. The Morgan fingerprint density at radius 1 is 1.09 bits per heavy atom. The quantitative estimate of drug-likeness (QED) is 0.596. The van der Waals surface area contributed by atoms with Crippen molar-refractivity contribution in [3.8, 4) is 0 Å². The minimum Gasteiger partial charge on any atom is -0.422 e. The SMILES string of the molecule is C[C@H](CCCC1C(=O)OC(C)(C)OC1=O)Cc1ccccc1. The first-order chi connectivity index (χ1) is 10.4. The Morgan fingerprint density at radius 3 is 2.27 bits per heavy atom. The third kappa shape index (κ3) is 4.58. The monoisotopic (exact) mass is 304 g/mol. The van der Waals surface area contributed by atoms with Crippen LogP contribution in [0.15, 0.2) is 30.3 Å². The highest BCUT2D eigenvalue weighted by molar-refractivity contribution is 5.96. The Kier molecular flexibility index (Phi) is 5.22. The summed E-state index contributed by atoms with van der Waals surface area (Å²) < 4.78 is 10.3. The molecule has 1 heterocycles. The van der Waals surface area contributed by atoms with Gasteiger partial charge < -0.3 is 9.47 Å². The second-order valence-corrected chi connectivity index (χ2v) is 6.52. The Hall–Kier alpha value is -1.84. The fourth-order valence-corrected chi connectivity index (χ4v) is 2.77. The lowest BCUT2D eigenvalue weighted by molar-refractivity contribution is -0.240. The van der Waals surface area contributed by atoms with E-state index in [-0.39, 0.29) is 0 Å². The maximum absolute atomic E-state index is 11.9. The van der Waals surface area contributed by atoms with E-state index in [2.05, 4.69) is 19.1 Å². The molecule has 1 aromatic rings. The molecule has 4 nitrogen and oxygen atoms in total. The van der Waals surface area contributed by atoms with Gasteiger partial charge in [0.15, 0.2) is 5.92 Å². The Morgan fingerprint density at radius 2 is 1.68 bits per heavy atom. The van der Waals surface area contributed by atoms with Gasteiger partial charge in [0.05, 0.1) is 0 Å². The molecule has 1 aromatic carbocycles. The molecule has 1 saturated heterocycles. The van der Waals surface area contributed by atoms with Crippen LogP contribution in [0.2, 0.25) is 0 Å². The van der Waals surface area contributed by atoms with E-state index in [1.165, 1.54) is 5.56 Å². The number of ether oxygens (including phenoxy) is 2. The molecular formula is C18H24O4. The van der Waals surface area contributed by atoms with Crippen LogP contribution in [0.1, 0.15) is 45.6 Å². The van der Waals surface area contributed by atoms with Gasteiger partial charge in [0.25, 0.3) is 5.79 Å². The molecule has 1 aliphatic heterocycles. The molecule has 1 atom stereocenters. The predicted octanol–water partition coefficient (Wildman–Crippen LogP) is 3.49. The zero-order valence-electron chi connectivity index (χ0n) is 13.5. The molecule has 0 spiro atoms. The minimum atomic E-state index is -1.13. The average molecular weight is 304 g/mol. The molecule has 22 heavy (non-hydrogen) atoms. The van der Waals surface area contributed by atoms with Crippen LogP contribution in [-0.4, -0.2) is 17.7 Å². The van der Waals surface area contributed by atoms with Gasteiger partial charge >= 0.3 is 11.9 Å². The van der Waals surface area contributed by atoms with Crippen LogP contribution in [0.5, 0.6) is 0 Å². The molecule has 120 valence electrons. The lowest BCUT2D eigenvalue weighted by atomic mass is 9.93. The number of esters is 2. The van der Waals surface area contributed by atoms with Gasteiger partial charge in [0.2, 0.25) is 0 Å². The van der Waals surface area contributed by atoms with Crippen molar-refractivity contribution in [1.29, 1.82) is 0 Å². The van der Waals surface area contributed by atoms with E-state index in [9.17, 15) is 9.59 Å². The van der Waals surface area contributed by atoms with Crippen molar-refractivity contribution in [2.24, 2.45) is 11.8 Å². The third-order valence-corrected chi connectivity index (χ3v) is 3.88. The van der Waals surface area contributed by atoms with Crippen molar-refractivity contribution in [2.45, 2.75) is 52.2 Å². The van der Waals surface area contributed by atoms with Crippen LogP contribution in [0, 0.1) is 11.8 Å². The summed E-state index contributed by atoms with van der Waals surface area (Å²) in [6, 6.07) is 10.3. The Labute approximate surface area is 131 Å². The number of hydrogen-bond acceptors (Lipinski definition) is 4. The molecule has 0 amide bonds. The summed E-state index contributed by atoms with van der Waals surface area (Å²) in [4.78, 5) is 23.7. The molecule has 0 aliphatic carbocycles. The number of carbonyl (C=O) groups excluding carboxylic acids is 2. The second-order valence-electron chi connectivity index (χ2n) is 6.52. The largest absolute Gasteiger partial charge is 0.422 e. The standard InChI is InChI=1S/C18H24O4/c1-13(12-14-9-5-4-6-10-14)8-7-11-15-16(19)21-18(2,3)22-17(15)20/h4-6,9-10,13,15H,7-8,11-12H2,1-3H3/t13-/m1/s1. The number of rotatable bonds is 6. The highest BCUT2D eigenvalue weighted by Crippen LogP contribution is 2.27. The molecule has 1 aliphatic rings. The van der Waals surface area contributed by atoms with E-state index < -0.39 is 23.6 Å². The summed E-state index contributed by atoms with van der Waals surface area (Å²) in [5.74, 6) is -2.31. The first kappa shape index (κ1) is 16.5. The van der Waals surface area contributed by atoms with E-state index in [1.54, 1.807) is 13.8 Å². The maximum Gasteiger partial charge on any atom is 0.323 e. The zero-order chi connectivity index (χ0) is 16.2. The van der Waals surface area contributed by atoms with Crippen LogP contribution in [0.25, 0.3) is 0 Å². The van der Waals surface area contributed by atoms with Crippen LogP contribution in [0.4, 0.5) is 0 Å². The normalized spacial score (nSPS) is 19.4. The molecule has 0 N–H and O–H groups in total. The Balaban J connectivity index is 1.76. The van der Waals surface area contributed by atoms with E-state index in [4.69, 9.17) is 9.47 Å². The molecule has 0 bridgehead atoms. The number of hydrogen-bond donors (Lipinski definition) is 0. The van der Waals surface area contributed by atoms with E-state index >= 15 is 0 Å². The summed E-state index contributed by atoms with van der Waals surface area (Å²) in [6.07, 6.45) is 3.28. The van der Waals surface area contributed by atoms with Gasteiger partial charge in [-0.1, -0.05) is 50.1 Å². The molecule has 1 fully saturated rings. The van der Waals surface area contributed by atoms with Gasteiger partial charge in [-0.25, -0.2) is 0 Å². The molecule has 0 aromatic heterocycles. The minimum absolute atomic E-state index is 0.461. The summed E-state index contributed by atoms with van der Waals surface area (Å²) in [7, 11) is 0. The van der Waals surface area contributed by atoms with Gasteiger partial charge in [0, 0.05) is 13.8 Å². The average Bonchev–Trinajstić information content (AvgIpc) is 2.42. The molecule has 0 radical (unpaired) electrons. The number of cyclic esters (lactones) is 2. The Bertz CT molecular complexity index is 501. The first-order valence-corrected chi connectivity index (χ1v) is 7.87. The van der Waals surface area contributed by atoms with Crippen LogP contribution >= 0.6 is 0 Å². The van der Waals surface area contributed by atoms with Crippen molar-refractivity contribution in [3.05, 3.63) is 35.9 Å². The lowest BCUT2D eigenvalue weighted by Gasteiger charge is -2.32. The van der Waals surface area contributed by atoms with Gasteiger partial charge in [-0.3, -0.25) is 9.59 Å².